The Morgan fingerprint density at radius 2 is 1.85 bits per heavy atom. The van der Waals surface area contributed by atoms with E-state index in [1.807, 2.05) is 18.2 Å². The van der Waals surface area contributed by atoms with Crippen molar-refractivity contribution in [3.8, 4) is 11.5 Å². The van der Waals surface area contributed by atoms with Gasteiger partial charge in [-0.15, -0.1) is 0 Å². The molecule has 0 aromatic heterocycles. The molecule has 0 bridgehead atoms. The molecule has 0 aliphatic heterocycles. The van der Waals surface area contributed by atoms with E-state index in [9.17, 15) is 5.11 Å². The highest BCUT2D eigenvalue weighted by molar-refractivity contribution is 5.42. The van der Waals surface area contributed by atoms with Gasteiger partial charge in [-0.25, -0.2) is 0 Å². The molecule has 4 heteroatoms. The van der Waals surface area contributed by atoms with E-state index in [0.29, 0.717) is 5.75 Å². The van der Waals surface area contributed by atoms with Gasteiger partial charge in [0.15, 0.2) is 0 Å². The Bertz CT molecular complexity index is 430. The largest absolute Gasteiger partial charge is 0.497 e. The van der Waals surface area contributed by atoms with Gasteiger partial charge in [-0.3, -0.25) is 0 Å². The normalized spacial score (nSPS) is 19.4. The molecule has 3 N–H and O–H groups in total. The van der Waals surface area contributed by atoms with E-state index in [-0.39, 0.29) is 5.92 Å². The fourth-order valence-electron chi connectivity index (χ4n) is 3.05. The number of methoxy groups -OCH3 is 2. The van der Waals surface area contributed by atoms with Crippen molar-refractivity contribution in [2.24, 2.45) is 11.7 Å². The lowest BCUT2D eigenvalue weighted by molar-refractivity contribution is 0.0610. The summed E-state index contributed by atoms with van der Waals surface area (Å²) in [7, 11) is 3.24. The molecule has 1 fully saturated rings. The van der Waals surface area contributed by atoms with Crippen molar-refractivity contribution < 1.29 is 14.6 Å². The molecule has 1 aliphatic carbocycles. The van der Waals surface area contributed by atoms with Crippen molar-refractivity contribution in [3.05, 3.63) is 23.8 Å². The number of aliphatic hydroxyl groups is 1. The topological polar surface area (TPSA) is 64.7 Å². The fourth-order valence-corrected chi connectivity index (χ4v) is 3.05. The molecule has 0 saturated heterocycles. The summed E-state index contributed by atoms with van der Waals surface area (Å²) in [5.74, 6) is 1.72. The Morgan fingerprint density at radius 1 is 1.15 bits per heavy atom. The highest BCUT2D eigenvalue weighted by Crippen LogP contribution is 2.35. The van der Waals surface area contributed by atoms with Gasteiger partial charge in [-0.2, -0.15) is 0 Å². The van der Waals surface area contributed by atoms with Crippen LogP contribution in [0.1, 0.15) is 43.7 Å². The van der Waals surface area contributed by atoms with E-state index in [1.54, 1.807) is 14.2 Å². The van der Waals surface area contributed by atoms with Gasteiger partial charge in [0.25, 0.3) is 0 Å². The van der Waals surface area contributed by atoms with E-state index in [4.69, 9.17) is 15.2 Å². The minimum absolute atomic E-state index is 0.287. The van der Waals surface area contributed by atoms with Crippen molar-refractivity contribution in [1.29, 1.82) is 0 Å². The maximum atomic E-state index is 10.6. The monoisotopic (exact) mass is 279 g/mol. The van der Waals surface area contributed by atoms with Crippen molar-refractivity contribution in [1.82, 2.24) is 0 Å². The zero-order chi connectivity index (χ0) is 14.5. The summed E-state index contributed by atoms with van der Waals surface area (Å²) in [6, 6.07) is 5.09. The number of hydrogen-bond acceptors (Lipinski definition) is 4. The molecule has 1 aliphatic rings. The Kier molecular flexibility index (Phi) is 5.26. The number of nitrogens with two attached hydrogens (primary N) is 1. The molecule has 20 heavy (non-hydrogen) atoms. The second kappa shape index (κ2) is 6.95. The van der Waals surface area contributed by atoms with Crippen LogP contribution in [0.2, 0.25) is 0 Å². The third-order valence-electron chi connectivity index (χ3n) is 4.30. The predicted octanol–water partition coefficient (Wildman–Crippen LogP) is 2.64. The first-order valence-electron chi connectivity index (χ1n) is 7.33. The van der Waals surface area contributed by atoms with Crippen LogP contribution in [0.15, 0.2) is 18.2 Å². The lowest BCUT2D eigenvalue weighted by Gasteiger charge is -2.31. The Labute approximate surface area is 120 Å². The van der Waals surface area contributed by atoms with Crippen molar-refractivity contribution in [2.75, 3.05) is 14.2 Å². The molecule has 112 valence electrons. The van der Waals surface area contributed by atoms with Gasteiger partial charge in [0.1, 0.15) is 11.5 Å². The van der Waals surface area contributed by atoms with E-state index in [2.05, 4.69) is 0 Å². The number of benzene rings is 1. The van der Waals surface area contributed by atoms with Crippen LogP contribution in [0.3, 0.4) is 0 Å². The molecule has 0 radical (unpaired) electrons. The molecule has 4 nitrogen and oxygen atoms in total. The highest BCUT2D eigenvalue weighted by Gasteiger charge is 2.29. The van der Waals surface area contributed by atoms with Crippen molar-refractivity contribution in [3.63, 3.8) is 0 Å². The SMILES string of the molecule is COc1ccc(OC)c([C@H](N)[C@H](O)C2CCCCC2)c1. The highest BCUT2D eigenvalue weighted by atomic mass is 16.5. The smallest absolute Gasteiger partial charge is 0.123 e. The zero-order valence-corrected chi connectivity index (χ0v) is 12.3. The van der Waals surface area contributed by atoms with Crippen LogP contribution in [-0.2, 0) is 0 Å². The summed E-state index contributed by atoms with van der Waals surface area (Å²) < 4.78 is 10.6. The van der Waals surface area contributed by atoms with Gasteiger partial charge in [-0.05, 0) is 37.0 Å². The molecule has 0 heterocycles. The van der Waals surface area contributed by atoms with Gasteiger partial charge in [-0.1, -0.05) is 19.3 Å². The summed E-state index contributed by atoms with van der Waals surface area (Å²) in [5, 5.41) is 10.6. The van der Waals surface area contributed by atoms with Gasteiger partial charge in [0.05, 0.1) is 26.4 Å². The van der Waals surface area contributed by atoms with Crippen molar-refractivity contribution >= 4 is 0 Å². The second-order valence-corrected chi connectivity index (χ2v) is 5.52. The van der Waals surface area contributed by atoms with Crippen LogP contribution < -0.4 is 15.2 Å². The summed E-state index contributed by atoms with van der Waals surface area (Å²) in [6.07, 6.45) is 5.22. The maximum absolute atomic E-state index is 10.6. The molecule has 0 amide bonds. The average Bonchev–Trinajstić information content (AvgIpc) is 2.53. The van der Waals surface area contributed by atoms with E-state index < -0.39 is 12.1 Å². The lowest BCUT2D eigenvalue weighted by Crippen LogP contribution is -2.34. The number of hydrogen-bond donors (Lipinski definition) is 2. The molecule has 2 atom stereocenters. The molecule has 1 aromatic carbocycles. The molecule has 1 aromatic rings. The standard InChI is InChI=1S/C16H25NO3/c1-19-12-8-9-14(20-2)13(10-12)15(17)16(18)11-6-4-3-5-7-11/h8-11,15-16,18H,3-7,17H2,1-2H3/t15-,16+/m0/s1. The summed E-state index contributed by atoms with van der Waals surface area (Å²) in [4.78, 5) is 0. The van der Waals surface area contributed by atoms with Gasteiger partial charge in [0.2, 0.25) is 0 Å². The van der Waals surface area contributed by atoms with E-state index >= 15 is 0 Å². The molecular weight excluding hydrogens is 254 g/mol. The third-order valence-corrected chi connectivity index (χ3v) is 4.30. The first-order chi connectivity index (χ1) is 9.67. The van der Waals surface area contributed by atoms with Crippen molar-refractivity contribution in [2.45, 2.75) is 44.2 Å². The van der Waals surface area contributed by atoms with Gasteiger partial charge < -0.3 is 20.3 Å². The van der Waals surface area contributed by atoms with Crippen LogP contribution in [0.4, 0.5) is 0 Å². The molecule has 2 rings (SSSR count). The Balaban J connectivity index is 2.19. The van der Waals surface area contributed by atoms with Crippen LogP contribution in [0, 0.1) is 5.92 Å². The molecular formula is C16H25NO3. The maximum Gasteiger partial charge on any atom is 0.123 e. The molecule has 0 unspecified atom stereocenters. The number of rotatable bonds is 5. The number of aliphatic hydroxyl groups excluding tert-OH is 1. The quantitative estimate of drug-likeness (QED) is 0.869. The van der Waals surface area contributed by atoms with Crippen LogP contribution in [-0.4, -0.2) is 25.4 Å². The van der Waals surface area contributed by atoms with Gasteiger partial charge in [0, 0.05) is 5.56 Å². The van der Waals surface area contributed by atoms with Crippen LogP contribution >= 0.6 is 0 Å². The average molecular weight is 279 g/mol. The molecule has 1 saturated carbocycles. The summed E-state index contributed by atoms with van der Waals surface area (Å²) in [6.45, 7) is 0. The zero-order valence-electron chi connectivity index (χ0n) is 12.3. The summed E-state index contributed by atoms with van der Waals surface area (Å²) >= 11 is 0. The Morgan fingerprint density at radius 3 is 2.45 bits per heavy atom. The number of ether oxygens (including phenoxy) is 2. The van der Waals surface area contributed by atoms with Gasteiger partial charge >= 0.3 is 0 Å². The lowest BCUT2D eigenvalue weighted by atomic mass is 9.81. The third kappa shape index (κ3) is 3.25. The van der Waals surface area contributed by atoms with Crippen LogP contribution in [0.25, 0.3) is 0 Å². The summed E-state index contributed by atoms with van der Waals surface area (Å²) in [5.41, 5.74) is 7.09. The second-order valence-electron chi connectivity index (χ2n) is 5.52. The predicted molar refractivity (Wildman–Crippen MR) is 79.1 cm³/mol. The minimum Gasteiger partial charge on any atom is -0.497 e. The Hall–Kier alpha value is -1.26. The van der Waals surface area contributed by atoms with Crippen LogP contribution in [0.5, 0.6) is 11.5 Å². The van der Waals surface area contributed by atoms with E-state index in [0.717, 1.165) is 24.2 Å². The first kappa shape index (κ1) is 15.1. The first-order valence-corrected chi connectivity index (χ1v) is 7.33. The van der Waals surface area contributed by atoms with E-state index in [1.165, 1.54) is 19.3 Å². The minimum atomic E-state index is -0.531. The fraction of sp³-hybridized carbons (Fsp3) is 0.625. The molecule has 0 spiro atoms.